The van der Waals surface area contributed by atoms with Crippen LogP contribution in [0.4, 0.5) is 0 Å². The topological polar surface area (TPSA) is 64.2 Å². The number of ether oxygens (including phenoxy) is 2. The maximum atomic E-state index is 11.3. The molecule has 0 unspecified atom stereocenters. The van der Waals surface area contributed by atoms with Gasteiger partial charge < -0.3 is 9.47 Å². The van der Waals surface area contributed by atoms with Gasteiger partial charge in [-0.15, -0.1) is 0 Å². The molecule has 0 saturated carbocycles. The summed E-state index contributed by atoms with van der Waals surface area (Å²) in [5.74, 6) is 1.43. The van der Waals surface area contributed by atoms with Gasteiger partial charge in [-0.05, 0) is 19.2 Å². The largest absolute Gasteiger partial charge is 0.493 e. The fourth-order valence-corrected chi connectivity index (χ4v) is 2.70. The molecule has 5 heteroatoms. The van der Waals surface area contributed by atoms with Gasteiger partial charge in [-0.1, -0.05) is 24.3 Å². The molecule has 1 heterocycles. The Labute approximate surface area is 134 Å². The van der Waals surface area contributed by atoms with Crippen molar-refractivity contribution in [1.29, 1.82) is 0 Å². The third-order valence-corrected chi connectivity index (χ3v) is 3.62. The number of benzene rings is 2. The third kappa shape index (κ3) is 2.65. The summed E-state index contributed by atoms with van der Waals surface area (Å²) in [5.41, 5.74) is 1.98. The van der Waals surface area contributed by atoms with Gasteiger partial charge >= 0.3 is 0 Å². The molecule has 0 aliphatic rings. The molecule has 1 aromatic heterocycles. The van der Waals surface area contributed by atoms with Gasteiger partial charge in [0.2, 0.25) is 0 Å². The Kier molecular flexibility index (Phi) is 4.28. The van der Waals surface area contributed by atoms with E-state index in [1.165, 1.54) is 6.20 Å². The number of fused-ring (bicyclic) bond motifs is 1. The number of rotatable bonds is 6. The lowest BCUT2D eigenvalue weighted by Gasteiger charge is -2.16. The number of carbonyl (C=O) groups is 1. The Balaban J connectivity index is 2.36. The van der Waals surface area contributed by atoms with Crippen molar-refractivity contribution in [1.82, 2.24) is 10.2 Å². The second-order valence-corrected chi connectivity index (χ2v) is 4.98. The van der Waals surface area contributed by atoms with E-state index in [2.05, 4.69) is 10.2 Å². The number of aromatic amines is 1. The molecular formula is C18H18N2O3. The molecule has 0 aliphatic heterocycles. The van der Waals surface area contributed by atoms with Crippen LogP contribution in [0.15, 0.2) is 36.5 Å². The lowest BCUT2D eigenvalue weighted by atomic mass is 9.98. The van der Waals surface area contributed by atoms with Crippen molar-refractivity contribution in [3.63, 3.8) is 0 Å². The lowest BCUT2D eigenvalue weighted by molar-refractivity contribution is 0.112. The highest BCUT2D eigenvalue weighted by atomic mass is 16.5. The number of H-pyrrole nitrogens is 1. The maximum Gasteiger partial charge on any atom is 0.153 e. The number of carbonyl (C=O) groups excluding carboxylic acids is 1. The van der Waals surface area contributed by atoms with Crippen molar-refractivity contribution in [2.24, 2.45) is 0 Å². The number of aldehydes is 1. The first-order valence-electron chi connectivity index (χ1n) is 7.60. The van der Waals surface area contributed by atoms with Gasteiger partial charge in [-0.25, -0.2) is 0 Å². The summed E-state index contributed by atoms with van der Waals surface area (Å²) in [6.07, 6.45) is 2.31. The first-order valence-corrected chi connectivity index (χ1v) is 7.60. The highest BCUT2D eigenvalue weighted by Gasteiger charge is 2.19. The summed E-state index contributed by atoms with van der Waals surface area (Å²) in [7, 11) is 0. The highest BCUT2D eigenvalue weighted by Crippen LogP contribution is 2.42. The summed E-state index contributed by atoms with van der Waals surface area (Å²) in [4.78, 5) is 11.3. The first-order chi connectivity index (χ1) is 11.3. The van der Waals surface area contributed by atoms with Gasteiger partial charge in [-0.2, -0.15) is 5.10 Å². The molecule has 118 valence electrons. The number of hydrogen-bond acceptors (Lipinski definition) is 4. The fraction of sp³-hybridized carbons (Fsp3) is 0.222. The molecule has 5 nitrogen and oxygen atoms in total. The third-order valence-electron chi connectivity index (χ3n) is 3.62. The average molecular weight is 310 g/mol. The van der Waals surface area contributed by atoms with E-state index in [-0.39, 0.29) is 0 Å². The SMILES string of the molecule is CCOc1cc(OCC)c2ccccc2c1-c1[nH]ncc1C=O. The molecule has 0 bridgehead atoms. The van der Waals surface area contributed by atoms with Gasteiger partial charge in [0.15, 0.2) is 6.29 Å². The van der Waals surface area contributed by atoms with E-state index in [9.17, 15) is 4.79 Å². The summed E-state index contributed by atoms with van der Waals surface area (Å²) in [6, 6.07) is 9.78. The minimum absolute atomic E-state index is 0.500. The van der Waals surface area contributed by atoms with Crippen LogP contribution in [0.5, 0.6) is 11.5 Å². The molecule has 0 radical (unpaired) electrons. The van der Waals surface area contributed by atoms with Crippen molar-refractivity contribution < 1.29 is 14.3 Å². The van der Waals surface area contributed by atoms with Crippen LogP contribution in [0.25, 0.3) is 22.0 Å². The molecule has 3 rings (SSSR count). The van der Waals surface area contributed by atoms with Gasteiger partial charge in [-0.3, -0.25) is 9.89 Å². The number of nitrogens with zero attached hydrogens (tertiary/aromatic N) is 1. The van der Waals surface area contributed by atoms with Crippen LogP contribution >= 0.6 is 0 Å². The predicted molar refractivity (Wildman–Crippen MR) is 89.3 cm³/mol. The zero-order chi connectivity index (χ0) is 16.2. The van der Waals surface area contributed by atoms with Crippen LogP contribution in [-0.4, -0.2) is 29.7 Å². The first kappa shape index (κ1) is 15.1. The highest BCUT2D eigenvalue weighted by molar-refractivity contribution is 6.05. The monoisotopic (exact) mass is 310 g/mol. The molecule has 0 aliphatic carbocycles. The Morgan fingerprint density at radius 3 is 2.48 bits per heavy atom. The second-order valence-electron chi connectivity index (χ2n) is 4.98. The minimum atomic E-state index is 0.500. The summed E-state index contributed by atoms with van der Waals surface area (Å²) < 4.78 is 11.6. The standard InChI is InChI=1S/C18H18N2O3/c1-3-22-15-9-16(23-4-2)17(14-8-6-5-7-13(14)15)18-12(11-21)10-19-20-18/h5-11H,3-4H2,1-2H3,(H,19,20). The molecule has 2 aromatic carbocycles. The van der Waals surface area contributed by atoms with Gasteiger partial charge in [0.05, 0.1) is 36.2 Å². The normalized spacial score (nSPS) is 10.7. The summed E-state index contributed by atoms with van der Waals surface area (Å²) >= 11 is 0. The van der Waals surface area contributed by atoms with E-state index in [4.69, 9.17) is 9.47 Å². The van der Waals surface area contributed by atoms with Crippen LogP contribution in [0.3, 0.4) is 0 Å². The number of hydrogen-bond donors (Lipinski definition) is 1. The van der Waals surface area contributed by atoms with E-state index in [1.807, 2.05) is 44.2 Å². The predicted octanol–water partition coefficient (Wildman–Crippen LogP) is 3.84. The molecule has 0 fully saturated rings. The van der Waals surface area contributed by atoms with Crippen LogP contribution < -0.4 is 9.47 Å². The Morgan fingerprint density at radius 2 is 1.78 bits per heavy atom. The van der Waals surface area contributed by atoms with Gasteiger partial charge in [0, 0.05) is 11.5 Å². The van der Waals surface area contributed by atoms with Crippen LogP contribution in [-0.2, 0) is 0 Å². The van der Waals surface area contributed by atoms with Crippen molar-refractivity contribution in [3.05, 3.63) is 42.1 Å². The number of nitrogens with one attached hydrogen (secondary N) is 1. The summed E-state index contributed by atoms with van der Waals surface area (Å²) in [6.45, 7) is 4.95. The van der Waals surface area contributed by atoms with E-state index in [0.717, 1.165) is 28.4 Å². The molecule has 3 aromatic rings. The molecule has 0 atom stereocenters. The van der Waals surface area contributed by atoms with Crippen molar-refractivity contribution in [2.75, 3.05) is 13.2 Å². The van der Waals surface area contributed by atoms with Crippen LogP contribution in [0.2, 0.25) is 0 Å². The zero-order valence-electron chi connectivity index (χ0n) is 13.1. The van der Waals surface area contributed by atoms with E-state index in [1.54, 1.807) is 0 Å². The number of aromatic nitrogens is 2. The fourth-order valence-electron chi connectivity index (χ4n) is 2.70. The quantitative estimate of drug-likeness (QED) is 0.703. The van der Waals surface area contributed by atoms with Crippen LogP contribution in [0, 0.1) is 0 Å². The van der Waals surface area contributed by atoms with E-state index >= 15 is 0 Å². The van der Waals surface area contributed by atoms with E-state index < -0.39 is 0 Å². The molecule has 1 N–H and O–H groups in total. The van der Waals surface area contributed by atoms with Gasteiger partial charge in [0.25, 0.3) is 0 Å². The molecule has 0 amide bonds. The Morgan fingerprint density at radius 1 is 1.09 bits per heavy atom. The van der Waals surface area contributed by atoms with Crippen molar-refractivity contribution in [2.45, 2.75) is 13.8 Å². The molecular weight excluding hydrogens is 292 g/mol. The van der Waals surface area contributed by atoms with E-state index in [0.29, 0.717) is 30.2 Å². The van der Waals surface area contributed by atoms with Crippen molar-refractivity contribution in [3.8, 4) is 22.8 Å². The average Bonchev–Trinajstić information content (AvgIpc) is 3.04. The summed E-state index contributed by atoms with van der Waals surface area (Å²) in [5, 5.41) is 8.83. The maximum absolute atomic E-state index is 11.3. The molecule has 0 saturated heterocycles. The zero-order valence-corrected chi connectivity index (χ0v) is 13.1. The minimum Gasteiger partial charge on any atom is -0.493 e. The lowest BCUT2D eigenvalue weighted by Crippen LogP contribution is -2.00. The second kappa shape index (κ2) is 6.52. The van der Waals surface area contributed by atoms with Crippen LogP contribution in [0.1, 0.15) is 24.2 Å². The molecule has 0 spiro atoms. The Hall–Kier alpha value is -2.82. The smallest absolute Gasteiger partial charge is 0.153 e. The van der Waals surface area contributed by atoms with Crippen molar-refractivity contribution >= 4 is 17.1 Å². The Bertz CT molecular complexity index is 839. The molecule has 23 heavy (non-hydrogen) atoms. The van der Waals surface area contributed by atoms with Gasteiger partial charge in [0.1, 0.15) is 11.5 Å².